The lowest BCUT2D eigenvalue weighted by molar-refractivity contribution is 0.0956. The second-order valence-corrected chi connectivity index (χ2v) is 5.11. The summed E-state index contributed by atoms with van der Waals surface area (Å²) in [7, 11) is 0. The largest absolute Gasteiger partial charge is 0.328 e. The third-order valence-electron chi connectivity index (χ3n) is 3.34. The molecule has 2 rings (SSSR count). The molecule has 1 aromatic heterocycles. The standard InChI is InChI=1S/C13H18ClN3O.ClH/c14-13-2-1-10(9-16-13)12(18)5-8-17-6-3-11(15)4-7-17;/h1-2,9,11H,3-8,15H2;1H. The van der Waals surface area contributed by atoms with Crippen LogP contribution in [0.4, 0.5) is 0 Å². The summed E-state index contributed by atoms with van der Waals surface area (Å²) < 4.78 is 0. The first-order valence-corrected chi connectivity index (χ1v) is 6.65. The minimum Gasteiger partial charge on any atom is -0.328 e. The van der Waals surface area contributed by atoms with Crippen molar-refractivity contribution >= 4 is 29.8 Å². The van der Waals surface area contributed by atoms with Crippen molar-refractivity contribution in [1.29, 1.82) is 0 Å². The van der Waals surface area contributed by atoms with Crippen LogP contribution in [0.1, 0.15) is 29.6 Å². The normalized spacial score (nSPS) is 16.9. The second-order valence-electron chi connectivity index (χ2n) is 4.72. The first-order valence-electron chi connectivity index (χ1n) is 6.28. The van der Waals surface area contributed by atoms with Gasteiger partial charge in [0.15, 0.2) is 5.78 Å². The van der Waals surface area contributed by atoms with E-state index in [1.165, 1.54) is 6.20 Å². The molecule has 0 unspecified atom stereocenters. The van der Waals surface area contributed by atoms with E-state index in [0.717, 1.165) is 32.5 Å². The summed E-state index contributed by atoms with van der Waals surface area (Å²) in [6, 6.07) is 3.70. The third kappa shape index (κ3) is 5.07. The Morgan fingerprint density at radius 1 is 1.42 bits per heavy atom. The van der Waals surface area contributed by atoms with E-state index in [2.05, 4.69) is 9.88 Å². The molecule has 0 spiro atoms. The van der Waals surface area contributed by atoms with Gasteiger partial charge >= 0.3 is 0 Å². The van der Waals surface area contributed by atoms with Crippen molar-refractivity contribution in [3.05, 3.63) is 29.0 Å². The molecular weight excluding hydrogens is 285 g/mol. The zero-order valence-electron chi connectivity index (χ0n) is 10.7. The monoisotopic (exact) mass is 303 g/mol. The number of Topliss-reactive ketones (excluding diaryl/α,β-unsaturated/α-hetero) is 1. The summed E-state index contributed by atoms with van der Waals surface area (Å²) in [6.45, 7) is 2.79. The summed E-state index contributed by atoms with van der Waals surface area (Å²) in [5.74, 6) is 0.119. The van der Waals surface area contributed by atoms with Crippen molar-refractivity contribution in [2.45, 2.75) is 25.3 Å². The number of nitrogens with zero attached hydrogens (tertiary/aromatic N) is 2. The molecule has 6 heteroatoms. The van der Waals surface area contributed by atoms with Crippen molar-refractivity contribution in [1.82, 2.24) is 9.88 Å². The molecule has 1 saturated heterocycles. The van der Waals surface area contributed by atoms with Gasteiger partial charge in [-0.1, -0.05) is 11.6 Å². The van der Waals surface area contributed by atoms with E-state index < -0.39 is 0 Å². The van der Waals surface area contributed by atoms with E-state index in [1.807, 2.05) is 0 Å². The Morgan fingerprint density at radius 2 is 2.11 bits per heavy atom. The SMILES string of the molecule is Cl.NC1CCN(CCC(=O)c2ccc(Cl)nc2)CC1. The maximum atomic E-state index is 11.9. The van der Waals surface area contributed by atoms with Gasteiger partial charge in [-0.05, 0) is 38.1 Å². The Balaban J connectivity index is 0.00000180. The van der Waals surface area contributed by atoms with E-state index >= 15 is 0 Å². The molecule has 1 aliphatic rings. The number of pyridine rings is 1. The molecular formula is C13H19Cl2N3O. The highest BCUT2D eigenvalue weighted by Crippen LogP contribution is 2.11. The van der Waals surface area contributed by atoms with E-state index in [-0.39, 0.29) is 18.2 Å². The lowest BCUT2D eigenvalue weighted by atomic mass is 10.1. The molecule has 0 aliphatic carbocycles. The average molecular weight is 304 g/mol. The zero-order valence-corrected chi connectivity index (χ0v) is 12.3. The molecule has 1 aliphatic heterocycles. The molecule has 19 heavy (non-hydrogen) atoms. The summed E-state index contributed by atoms with van der Waals surface area (Å²) in [4.78, 5) is 18.1. The summed E-state index contributed by atoms with van der Waals surface area (Å²) >= 11 is 5.69. The highest BCUT2D eigenvalue weighted by molar-refractivity contribution is 6.29. The van der Waals surface area contributed by atoms with Gasteiger partial charge in [-0.2, -0.15) is 0 Å². The van der Waals surface area contributed by atoms with Gasteiger partial charge < -0.3 is 10.6 Å². The van der Waals surface area contributed by atoms with Gasteiger partial charge in [0.2, 0.25) is 0 Å². The van der Waals surface area contributed by atoms with Crippen LogP contribution >= 0.6 is 24.0 Å². The van der Waals surface area contributed by atoms with Crippen LogP contribution in [0.3, 0.4) is 0 Å². The Morgan fingerprint density at radius 3 is 2.68 bits per heavy atom. The van der Waals surface area contributed by atoms with Gasteiger partial charge in [0.1, 0.15) is 5.15 Å². The number of nitrogens with two attached hydrogens (primary N) is 1. The zero-order chi connectivity index (χ0) is 13.0. The van der Waals surface area contributed by atoms with Crippen LogP contribution < -0.4 is 5.73 Å². The van der Waals surface area contributed by atoms with E-state index in [9.17, 15) is 4.79 Å². The minimum absolute atomic E-state index is 0. The van der Waals surface area contributed by atoms with E-state index in [4.69, 9.17) is 17.3 Å². The number of hydrogen-bond donors (Lipinski definition) is 1. The van der Waals surface area contributed by atoms with Crippen molar-refractivity contribution in [3.63, 3.8) is 0 Å². The summed E-state index contributed by atoms with van der Waals surface area (Å²) in [5.41, 5.74) is 6.48. The molecule has 1 fully saturated rings. The van der Waals surface area contributed by atoms with Crippen molar-refractivity contribution in [2.75, 3.05) is 19.6 Å². The second kappa shape index (κ2) is 7.80. The third-order valence-corrected chi connectivity index (χ3v) is 3.56. The molecule has 106 valence electrons. The number of likely N-dealkylation sites (tertiary alicyclic amines) is 1. The smallest absolute Gasteiger partial charge is 0.165 e. The van der Waals surface area contributed by atoms with Gasteiger partial charge in [0.25, 0.3) is 0 Å². The fourth-order valence-electron chi connectivity index (χ4n) is 2.12. The fraction of sp³-hybridized carbons (Fsp3) is 0.538. The number of aromatic nitrogens is 1. The summed E-state index contributed by atoms with van der Waals surface area (Å²) in [6.07, 6.45) is 4.11. The first-order chi connectivity index (χ1) is 8.65. The van der Waals surface area contributed by atoms with E-state index in [0.29, 0.717) is 23.2 Å². The Kier molecular flexibility index (Phi) is 6.72. The average Bonchev–Trinajstić information content (AvgIpc) is 2.38. The predicted octanol–water partition coefficient (Wildman–Crippen LogP) is 2.15. The topological polar surface area (TPSA) is 59.2 Å². The molecule has 0 amide bonds. The van der Waals surface area contributed by atoms with Crippen LogP contribution in [0.15, 0.2) is 18.3 Å². The van der Waals surface area contributed by atoms with Crippen LogP contribution in [-0.4, -0.2) is 41.3 Å². The van der Waals surface area contributed by atoms with Crippen molar-refractivity contribution in [3.8, 4) is 0 Å². The molecule has 0 atom stereocenters. The van der Waals surface area contributed by atoms with Gasteiger partial charge in [0, 0.05) is 30.8 Å². The molecule has 0 saturated carbocycles. The maximum absolute atomic E-state index is 11.9. The van der Waals surface area contributed by atoms with Crippen LogP contribution in [0, 0.1) is 0 Å². The predicted molar refractivity (Wildman–Crippen MR) is 79.1 cm³/mol. The maximum Gasteiger partial charge on any atom is 0.165 e. The summed E-state index contributed by atoms with van der Waals surface area (Å²) in [5, 5.41) is 0.413. The molecule has 4 nitrogen and oxygen atoms in total. The van der Waals surface area contributed by atoms with Crippen LogP contribution in [-0.2, 0) is 0 Å². The fourth-order valence-corrected chi connectivity index (χ4v) is 2.23. The highest BCUT2D eigenvalue weighted by atomic mass is 35.5. The van der Waals surface area contributed by atoms with Crippen molar-refractivity contribution in [2.24, 2.45) is 5.73 Å². The number of carbonyl (C=O) groups excluding carboxylic acids is 1. The molecule has 0 aromatic carbocycles. The quantitative estimate of drug-likeness (QED) is 0.684. The molecule has 2 N–H and O–H groups in total. The number of carbonyl (C=O) groups is 1. The van der Waals surface area contributed by atoms with Gasteiger partial charge in [-0.15, -0.1) is 12.4 Å². The number of piperidine rings is 1. The lowest BCUT2D eigenvalue weighted by Gasteiger charge is -2.29. The Labute approximate surface area is 124 Å². The Hall–Kier alpha value is -0.680. The molecule has 2 heterocycles. The van der Waals surface area contributed by atoms with E-state index in [1.54, 1.807) is 12.1 Å². The van der Waals surface area contributed by atoms with Gasteiger partial charge in [0.05, 0.1) is 0 Å². The number of ketones is 1. The van der Waals surface area contributed by atoms with Crippen LogP contribution in [0.5, 0.6) is 0 Å². The number of halogens is 2. The van der Waals surface area contributed by atoms with Gasteiger partial charge in [-0.25, -0.2) is 4.98 Å². The highest BCUT2D eigenvalue weighted by Gasteiger charge is 2.16. The Bertz CT molecular complexity index is 403. The first kappa shape index (κ1) is 16.4. The number of hydrogen-bond acceptors (Lipinski definition) is 4. The molecule has 0 bridgehead atoms. The molecule has 0 radical (unpaired) electrons. The lowest BCUT2D eigenvalue weighted by Crippen LogP contribution is -2.40. The van der Waals surface area contributed by atoms with Crippen LogP contribution in [0.25, 0.3) is 0 Å². The van der Waals surface area contributed by atoms with Crippen molar-refractivity contribution < 1.29 is 4.79 Å². The van der Waals surface area contributed by atoms with Gasteiger partial charge in [-0.3, -0.25) is 4.79 Å². The molecule has 1 aromatic rings. The minimum atomic E-state index is 0. The van der Waals surface area contributed by atoms with Crippen LogP contribution in [0.2, 0.25) is 5.15 Å². The number of rotatable bonds is 4.